The molecule has 1 aliphatic carbocycles. The third-order valence-electron chi connectivity index (χ3n) is 3.22. The van der Waals surface area contributed by atoms with Crippen molar-refractivity contribution in [2.24, 2.45) is 0 Å². The van der Waals surface area contributed by atoms with Crippen LogP contribution in [0.4, 0.5) is 4.79 Å². The fraction of sp³-hybridized carbons (Fsp3) is 0.727. The molecule has 0 bridgehead atoms. The van der Waals surface area contributed by atoms with Gasteiger partial charge in [0.25, 0.3) is 5.91 Å². The lowest BCUT2D eigenvalue weighted by molar-refractivity contribution is -0.134. The van der Waals surface area contributed by atoms with Gasteiger partial charge in [-0.3, -0.25) is 14.5 Å². The van der Waals surface area contributed by atoms with E-state index in [0.717, 1.165) is 4.90 Å². The minimum atomic E-state index is -0.954. The van der Waals surface area contributed by atoms with E-state index in [9.17, 15) is 14.4 Å². The minimum absolute atomic E-state index is 0.0544. The van der Waals surface area contributed by atoms with Crippen LogP contribution in [0.1, 0.15) is 26.7 Å². The average Bonchev–Trinajstić information content (AvgIpc) is 2.38. The van der Waals surface area contributed by atoms with Gasteiger partial charge < -0.3 is 15.7 Å². The second-order valence-electron chi connectivity index (χ2n) is 5.34. The summed E-state index contributed by atoms with van der Waals surface area (Å²) in [5, 5.41) is 14.3. The summed E-state index contributed by atoms with van der Waals surface area (Å²) in [6.45, 7) is 2.90. The van der Waals surface area contributed by atoms with Crippen molar-refractivity contribution in [3.8, 4) is 0 Å². The van der Waals surface area contributed by atoms with E-state index in [0.29, 0.717) is 12.8 Å². The molecule has 0 radical (unpaired) electrons. The molecule has 100 valence electrons. The summed E-state index contributed by atoms with van der Waals surface area (Å²) in [6.07, 6.45) is 0.695. The molecule has 1 aliphatic heterocycles. The molecule has 0 atom stereocenters. The predicted molar refractivity (Wildman–Crippen MR) is 61.5 cm³/mol. The third-order valence-corrected chi connectivity index (χ3v) is 3.22. The number of urea groups is 1. The molecule has 18 heavy (non-hydrogen) atoms. The van der Waals surface area contributed by atoms with Crippen LogP contribution in [0.25, 0.3) is 0 Å². The molecule has 0 aromatic carbocycles. The fourth-order valence-corrected chi connectivity index (χ4v) is 2.08. The molecule has 1 heterocycles. The standard InChI is InChI=1S/C11H17N3O4/c1-11(2)9(17)14(10(18)13-11)5-8(16)12-6-3-7(15)4-6/h6-7,15H,3-5H2,1-2H3,(H,12,16)(H,13,18). The highest BCUT2D eigenvalue weighted by molar-refractivity contribution is 6.08. The molecule has 1 saturated carbocycles. The summed E-state index contributed by atoms with van der Waals surface area (Å²) in [4.78, 5) is 35.9. The zero-order valence-electron chi connectivity index (χ0n) is 10.4. The molecule has 0 aromatic rings. The maximum atomic E-state index is 11.8. The number of carbonyl (C=O) groups excluding carboxylic acids is 3. The highest BCUT2D eigenvalue weighted by Gasteiger charge is 2.45. The fourth-order valence-electron chi connectivity index (χ4n) is 2.08. The van der Waals surface area contributed by atoms with Crippen LogP contribution in [0.15, 0.2) is 0 Å². The Morgan fingerprint density at radius 2 is 2.11 bits per heavy atom. The Hall–Kier alpha value is -1.63. The van der Waals surface area contributed by atoms with Crippen molar-refractivity contribution in [2.45, 2.75) is 44.4 Å². The lowest BCUT2D eigenvalue weighted by Crippen LogP contribution is -2.50. The average molecular weight is 255 g/mol. The summed E-state index contributed by atoms with van der Waals surface area (Å²) < 4.78 is 0. The molecule has 2 fully saturated rings. The van der Waals surface area contributed by atoms with Gasteiger partial charge in [-0.25, -0.2) is 4.79 Å². The Labute approximate surface area is 105 Å². The Morgan fingerprint density at radius 1 is 1.50 bits per heavy atom. The molecule has 0 aromatic heterocycles. The van der Waals surface area contributed by atoms with Gasteiger partial charge in [0.15, 0.2) is 0 Å². The maximum Gasteiger partial charge on any atom is 0.325 e. The van der Waals surface area contributed by atoms with Gasteiger partial charge in [0, 0.05) is 6.04 Å². The lowest BCUT2D eigenvalue weighted by atomic mass is 9.89. The molecule has 7 nitrogen and oxygen atoms in total. The van der Waals surface area contributed by atoms with E-state index < -0.39 is 17.5 Å². The smallest absolute Gasteiger partial charge is 0.325 e. The van der Waals surface area contributed by atoms with E-state index in [1.54, 1.807) is 13.8 Å². The molecule has 0 spiro atoms. The number of amides is 4. The van der Waals surface area contributed by atoms with Gasteiger partial charge in [0.05, 0.1) is 6.10 Å². The van der Waals surface area contributed by atoms with E-state index in [-0.39, 0.29) is 24.6 Å². The van der Waals surface area contributed by atoms with Crippen LogP contribution in [0, 0.1) is 0 Å². The Kier molecular flexibility index (Phi) is 3.02. The van der Waals surface area contributed by atoms with Crippen molar-refractivity contribution in [1.82, 2.24) is 15.5 Å². The number of imide groups is 1. The Bertz CT molecular complexity index is 401. The highest BCUT2D eigenvalue weighted by atomic mass is 16.3. The normalized spacial score (nSPS) is 29.8. The molecule has 0 unspecified atom stereocenters. The number of carbonyl (C=O) groups is 3. The first-order chi connectivity index (χ1) is 8.29. The van der Waals surface area contributed by atoms with Gasteiger partial charge in [0.2, 0.25) is 5.91 Å². The number of nitrogens with one attached hydrogen (secondary N) is 2. The van der Waals surface area contributed by atoms with Crippen LogP contribution in [0.5, 0.6) is 0 Å². The van der Waals surface area contributed by atoms with Crippen LogP contribution in [0.2, 0.25) is 0 Å². The summed E-state index contributed by atoms with van der Waals surface area (Å²) >= 11 is 0. The number of nitrogens with zero attached hydrogens (tertiary/aromatic N) is 1. The molecular weight excluding hydrogens is 238 g/mol. The number of hydrogen-bond acceptors (Lipinski definition) is 4. The predicted octanol–water partition coefficient (Wildman–Crippen LogP) is -1.04. The van der Waals surface area contributed by atoms with Crippen LogP contribution in [-0.2, 0) is 9.59 Å². The van der Waals surface area contributed by atoms with Gasteiger partial charge in [-0.15, -0.1) is 0 Å². The van der Waals surface area contributed by atoms with Crippen LogP contribution >= 0.6 is 0 Å². The van der Waals surface area contributed by atoms with Gasteiger partial charge in [-0.05, 0) is 26.7 Å². The largest absolute Gasteiger partial charge is 0.393 e. The Balaban J connectivity index is 1.87. The van der Waals surface area contributed by atoms with Gasteiger partial charge in [-0.2, -0.15) is 0 Å². The molecule has 1 saturated heterocycles. The lowest BCUT2D eigenvalue weighted by Gasteiger charge is -2.32. The first-order valence-corrected chi connectivity index (χ1v) is 5.91. The first-order valence-electron chi connectivity index (χ1n) is 5.91. The van der Waals surface area contributed by atoms with Crippen LogP contribution in [-0.4, -0.2) is 52.1 Å². The highest BCUT2D eigenvalue weighted by Crippen LogP contribution is 2.20. The second-order valence-corrected chi connectivity index (χ2v) is 5.34. The number of aliphatic hydroxyl groups is 1. The topological polar surface area (TPSA) is 98.7 Å². The monoisotopic (exact) mass is 255 g/mol. The van der Waals surface area contributed by atoms with Crippen molar-refractivity contribution in [3.63, 3.8) is 0 Å². The third kappa shape index (κ3) is 2.31. The summed E-state index contributed by atoms with van der Waals surface area (Å²) in [7, 11) is 0. The number of rotatable bonds is 3. The van der Waals surface area contributed by atoms with E-state index in [2.05, 4.69) is 10.6 Å². The zero-order valence-corrected chi connectivity index (χ0v) is 10.4. The molecule has 3 N–H and O–H groups in total. The quantitative estimate of drug-likeness (QED) is 0.561. The first kappa shape index (κ1) is 12.8. The number of aliphatic hydroxyl groups excluding tert-OH is 1. The van der Waals surface area contributed by atoms with Crippen LogP contribution in [0.3, 0.4) is 0 Å². The molecule has 4 amide bonds. The van der Waals surface area contributed by atoms with Gasteiger partial charge in [0.1, 0.15) is 12.1 Å². The second kappa shape index (κ2) is 4.24. The Morgan fingerprint density at radius 3 is 2.56 bits per heavy atom. The summed E-state index contributed by atoms with van der Waals surface area (Å²) in [5.41, 5.74) is -0.954. The van der Waals surface area contributed by atoms with Crippen molar-refractivity contribution >= 4 is 17.8 Å². The SMILES string of the molecule is CC1(C)NC(=O)N(CC(=O)NC2CC(O)C2)C1=O. The summed E-state index contributed by atoms with van der Waals surface area (Å²) in [5.74, 6) is -0.788. The molecular formula is C11H17N3O4. The molecule has 7 heteroatoms. The van der Waals surface area contributed by atoms with Gasteiger partial charge in [-0.1, -0.05) is 0 Å². The van der Waals surface area contributed by atoms with Crippen LogP contribution < -0.4 is 10.6 Å². The van der Waals surface area contributed by atoms with Crippen molar-refractivity contribution in [2.75, 3.05) is 6.54 Å². The van der Waals surface area contributed by atoms with E-state index >= 15 is 0 Å². The van der Waals surface area contributed by atoms with Crippen molar-refractivity contribution in [3.05, 3.63) is 0 Å². The molecule has 2 aliphatic rings. The van der Waals surface area contributed by atoms with E-state index in [4.69, 9.17) is 5.11 Å². The maximum absolute atomic E-state index is 11.8. The van der Waals surface area contributed by atoms with Gasteiger partial charge >= 0.3 is 6.03 Å². The number of hydrogen-bond donors (Lipinski definition) is 3. The molecule has 2 rings (SSSR count). The zero-order chi connectivity index (χ0) is 13.5. The van der Waals surface area contributed by atoms with E-state index in [1.807, 2.05) is 0 Å². The van der Waals surface area contributed by atoms with E-state index in [1.165, 1.54) is 0 Å². The minimum Gasteiger partial charge on any atom is -0.393 e. The summed E-state index contributed by atoms with van der Waals surface area (Å²) in [6, 6.07) is -0.602. The van der Waals surface area contributed by atoms with Crippen molar-refractivity contribution < 1.29 is 19.5 Å². The van der Waals surface area contributed by atoms with Crippen molar-refractivity contribution in [1.29, 1.82) is 0 Å².